The van der Waals surface area contributed by atoms with Gasteiger partial charge in [0.2, 0.25) is 5.91 Å². The summed E-state index contributed by atoms with van der Waals surface area (Å²) in [4.78, 5) is 25.2. The summed E-state index contributed by atoms with van der Waals surface area (Å²) in [5.41, 5.74) is 1.26. The predicted octanol–water partition coefficient (Wildman–Crippen LogP) is 2.37. The van der Waals surface area contributed by atoms with Crippen molar-refractivity contribution in [1.29, 1.82) is 0 Å². The molecule has 0 saturated heterocycles. The first-order chi connectivity index (χ1) is 11.4. The number of benzene rings is 1. The Kier molecular flexibility index (Phi) is 5.81. The Hall–Kier alpha value is -2.54. The molecule has 8 heteroatoms. The van der Waals surface area contributed by atoms with E-state index in [9.17, 15) is 9.59 Å². The van der Waals surface area contributed by atoms with Crippen molar-refractivity contribution in [3.63, 3.8) is 0 Å². The van der Waals surface area contributed by atoms with Crippen molar-refractivity contribution < 1.29 is 9.59 Å². The van der Waals surface area contributed by atoms with Crippen LogP contribution in [-0.4, -0.2) is 47.3 Å². The molecule has 0 radical (unpaired) electrons. The highest BCUT2D eigenvalue weighted by Crippen LogP contribution is 2.20. The minimum absolute atomic E-state index is 0.110. The fourth-order valence-corrected chi connectivity index (χ4v) is 2.42. The third kappa shape index (κ3) is 4.26. The van der Waals surface area contributed by atoms with Crippen LogP contribution in [-0.2, 0) is 4.79 Å². The van der Waals surface area contributed by atoms with Gasteiger partial charge in [-0.2, -0.15) is 5.10 Å². The van der Waals surface area contributed by atoms with Gasteiger partial charge in [-0.25, -0.2) is 9.48 Å². The van der Waals surface area contributed by atoms with Gasteiger partial charge in [-0.1, -0.05) is 30.7 Å². The highest BCUT2D eigenvalue weighted by molar-refractivity contribution is 6.32. The van der Waals surface area contributed by atoms with Crippen molar-refractivity contribution >= 4 is 29.2 Å². The number of urea groups is 1. The summed E-state index contributed by atoms with van der Waals surface area (Å²) in [6.07, 6.45) is 3.21. The average Bonchev–Trinajstić information content (AvgIpc) is 3.02. The molecule has 0 unspecified atom stereocenters. The maximum absolute atomic E-state index is 12.2. The van der Waals surface area contributed by atoms with Crippen LogP contribution < -0.4 is 10.6 Å². The molecule has 2 rings (SSSR count). The number of carbonyl (C=O) groups excluding carboxylic acids is 2. The number of para-hydroxylation sites is 1. The minimum atomic E-state index is -0.315. The molecule has 0 saturated carbocycles. The number of aromatic nitrogens is 2. The zero-order valence-electron chi connectivity index (χ0n) is 13.8. The van der Waals surface area contributed by atoms with Crippen molar-refractivity contribution in [2.75, 3.05) is 26.0 Å². The summed E-state index contributed by atoms with van der Waals surface area (Å²) in [7, 11) is 3.20. The van der Waals surface area contributed by atoms with E-state index in [0.717, 1.165) is 5.69 Å². The maximum atomic E-state index is 12.2. The number of rotatable bonds is 5. The van der Waals surface area contributed by atoms with Crippen LogP contribution in [0.1, 0.15) is 6.92 Å². The van der Waals surface area contributed by atoms with E-state index in [2.05, 4.69) is 15.7 Å². The predicted molar refractivity (Wildman–Crippen MR) is 93.5 cm³/mol. The third-order valence-corrected chi connectivity index (χ3v) is 3.84. The normalized spacial score (nSPS) is 11.7. The lowest BCUT2D eigenvalue weighted by Gasteiger charge is -2.20. The molecular weight excluding hydrogens is 330 g/mol. The van der Waals surface area contributed by atoms with E-state index >= 15 is 0 Å². The average molecular weight is 350 g/mol. The van der Waals surface area contributed by atoms with E-state index in [1.165, 1.54) is 11.1 Å². The van der Waals surface area contributed by atoms with Crippen LogP contribution in [0.5, 0.6) is 0 Å². The van der Waals surface area contributed by atoms with Gasteiger partial charge in [0.25, 0.3) is 0 Å². The Balaban J connectivity index is 2.00. The van der Waals surface area contributed by atoms with Crippen molar-refractivity contribution in [2.45, 2.75) is 6.92 Å². The number of anilines is 1. The molecule has 0 spiro atoms. The topological polar surface area (TPSA) is 79.3 Å². The van der Waals surface area contributed by atoms with E-state index < -0.39 is 0 Å². The lowest BCUT2D eigenvalue weighted by Crippen LogP contribution is -2.39. The molecule has 1 aromatic heterocycles. The lowest BCUT2D eigenvalue weighted by molar-refractivity contribution is -0.124. The molecule has 2 N–H and O–H groups in total. The molecule has 0 aliphatic heterocycles. The summed E-state index contributed by atoms with van der Waals surface area (Å²) in [6, 6.07) is 6.97. The molecule has 0 fully saturated rings. The first-order valence-electron chi connectivity index (χ1n) is 7.45. The summed E-state index contributed by atoms with van der Waals surface area (Å²) in [5, 5.41) is 10.1. The van der Waals surface area contributed by atoms with Crippen molar-refractivity contribution in [3.05, 3.63) is 41.7 Å². The van der Waals surface area contributed by atoms with Gasteiger partial charge >= 0.3 is 6.03 Å². The first kappa shape index (κ1) is 17.8. The molecule has 1 aromatic carbocycles. The molecule has 0 bridgehead atoms. The second-order valence-corrected chi connectivity index (χ2v) is 5.86. The summed E-state index contributed by atoms with van der Waals surface area (Å²) in [5.74, 6) is -0.405. The van der Waals surface area contributed by atoms with Gasteiger partial charge in [0.15, 0.2) is 0 Å². The van der Waals surface area contributed by atoms with Crippen molar-refractivity contribution in [2.24, 2.45) is 5.92 Å². The smallest absolute Gasteiger partial charge is 0.321 e. The standard InChI is InChI=1S/C16H20ClN5O2/c1-11(15(23)18-2)9-21(3)16(24)20-12-8-19-22(10-12)14-7-5-4-6-13(14)17/h4-8,10-11H,9H2,1-3H3,(H,18,23)(H,20,24)/t11-/m0/s1. The zero-order valence-corrected chi connectivity index (χ0v) is 14.5. The van der Waals surface area contributed by atoms with Gasteiger partial charge in [-0.15, -0.1) is 0 Å². The van der Waals surface area contributed by atoms with Crippen molar-refractivity contribution in [1.82, 2.24) is 20.0 Å². The van der Waals surface area contributed by atoms with Gasteiger partial charge < -0.3 is 15.5 Å². The molecule has 0 aliphatic carbocycles. The molecular formula is C16H20ClN5O2. The molecule has 1 atom stereocenters. The Morgan fingerprint density at radius 1 is 1.38 bits per heavy atom. The summed E-state index contributed by atoms with van der Waals surface area (Å²) < 4.78 is 1.59. The van der Waals surface area contributed by atoms with Crippen LogP contribution in [0.2, 0.25) is 5.02 Å². The molecule has 2 aromatic rings. The van der Waals surface area contributed by atoms with Crippen LogP contribution in [0.15, 0.2) is 36.7 Å². The maximum Gasteiger partial charge on any atom is 0.321 e. The van der Waals surface area contributed by atoms with Gasteiger partial charge in [-0.3, -0.25) is 4.79 Å². The minimum Gasteiger partial charge on any atom is -0.359 e. The van der Waals surface area contributed by atoms with Crippen LogP contribution in [0.3, 0.4) is 0 Å². The van der Waals surface area contributed by atoms with Gasteiger partial charge in [-0.05, 0) is 12.1 Å². The van der Waals surface area contributed by atoms with E-state index in [1.807, 2.05) is 18.2 Å². The van der Waals surface area contributed by atoms with E-state index in [4.69, 9.17) is 11.6 Å². The highest BCUT2D eigenvalue weighted by Gasteiger charge is 2.17. The number of nitrogens with one attached hydrogen (secondary N) is 2. The fraction of sp³-hybridized carbons (Fsp3) is 0.312. The van der Waals surface area contributed by atoms with Crippen LogP contribution in [0, 0.1) is 5.92 Å². The number of amides is 3. The quantitative estimate of drug-likeness (QED) is 0.869. The number of hydrogen-bond donors (Lipinski definition) is 2. The van der Waals surface area contributed by atoms with Gasteiger partial charge in [0.05, 0.1) is 34.7 Å². The monoisotopic (exact) mass is 349 g/mol. The SMILES string of the molecule is CNC(=O)[C@@H](C)CN(C)C(=O)Nc1cnn(-c2ccccc2Cl)c1. The van der Waals surface area contributed by atoms with Crippen LogP contribution in [0.4, 0.5) is 10.5 Å². The largest absolute Gasteiger partial charge is 0.359 e. The third-order valence-electron chi connectivity index (χ3n) is 3.52. The number of carbonyl (C=O) groups is 2. The Morgan fingerprint density at radius 3 is 2.75 bits per heavy atom. The Labute approximate surface area is 145 Å². The van der Waals surface area contributed by atoms with Gasteiger partial charge in [0.1, 0.15) is 0 Å². The van der Waals surface area contributed by atoms with E-state index in [0.29, 0.717) is 17.3 Å². The molecule has 0 aliphatic rings. The van der Waals surface area contributed by atoms with E-state index in [-0.39, 0.29) is 17.9 Å². The fourth-order valence-electron chi connectivity index (χ4n) is 2.20. The second kappa shape index (κ2) is 7.83. The van der Waals surface area contributed by atoms with Crippen molar-refractivity contribution in [3.8, 4) is 5.69 Å². The summed E-state index contributed by atoms with van der Waals surface area (Å²) in [6.45, 7) is 2.07. The molecule has 128 valence electrons. The highest BCUT2D eigenvalue weighted by atomic mass is 35.5. The van der Waals surface area contributed by atoms with Crippen LogP contribution >= 0.6 is 11.6 Å². The first-order valence-corrected chi connectivity index (χ1v) is 7.83. The molecule has 24 heavy (non-hydrogen) atoms. The number of nitrogens with zero attached hydrogens (tertiary/aromatic N) is 3. The number of halogens is 1. The Bertz CT molecular complexity index is 731. The second-order valence-electron chi connectivity index (χ2n) is 5.45. The Morgan fingerprint density at radius 2 is 2.08 bits per heavy atom. The van der Waals surface area contributed by atoms with Crippen LogP contribution in [0.25, 0.3) is 5.69 Å². The lowest BCUT2D eigenvalue weighted by atomic mass is 10.1. The molecule has 7 nitrogen and oxygen atoms in total. The number of hydrogen-bond acceptors (Lipinski definition) is 3. The van der Waals surface area contributed by atoms with Gasteiger partial charge in [0, 0.05) is 20.6 Å². The zero-order chi connectivity index (χ0) is 17.7. The molecule has 3 amide bonds. The summed E-state index contributed by atoms with van der Waals surface area (Å²) >= 11 is 6.13. The molecule has 1 heterocycles. The van der Waals surface area contributed by atoms with E-state index in [1.54, 1.807) is 38.0 Å².